The van der Waals surface area contributed by atoms with E-state index < -0.39 is 0 Å². The third-order valence-corrected chi connectivity index (χ3v) is 3.39. The summed E-state index contributed by atoms with van der Waals surface area (Å²) in [5, 5.41) is 0. The number of nitrogens with zero attached hydrogens (tertiary/aromatic N) is 3. The normalized spacial score (nSPS) is 11.8. The van der Waals surface area contributed by atoms with Crippen LogP contribution in [0.4, 0.5) is 0 Å². The molecule has 100 valence electrons. The molecule has 0 aliphatic heterocycles. The van der Waals surface area contributed by atoms with Crippen molar-refractivity contribution >= 4 is 11.0 Å². The predicted octanol–water partition coefficient (Wildman–Crippen LogP) is 3.99. The second-order valence-electron chi connectivity index (χ2n) is 5.94. The van der Waals surface area contributed by atoms with Crippen LogP contribution in [0.15, 0.2) is 48.9 Å². The first-order valence-corrected chi connectivity index (χ1v) is 6.72. The van der Waals surface area contributed by atoms with Crippen LogP contribution in [0.1, 0.15) is 26.3 Å². The molecular formula is C17H17N3. The smallest absolute Gasteiger partial charge is 0.0893 e. The Morgan fingerprint density at radius 3 is 2.20 bits per heavy atom. The van der Waals surface area contributed by atoms with E-state index in [0.717, 1.165) is 22.3 Å². The predicted molar refractivity (Wildman–Crippen MR) is 81.5 cm³/mol. The van der Waals surface area contributed by atoms with Crippen LogP contribution < -0.4 is 0 Å². The number of fused-ring (bicyclic) bond motifs is 1. The van der Waals surface area contributed by atoms with Gasteiger partial charge in [0.25, 0.3) is 0 Å². The molecule has 0 aliphatic carbocycles. The lowest BCUT2D eigenvalue weighted by atomic mass is 9.88. The molecular weight excluding hydrogens is 246 g/mol. The van der Waals surface area contributed by atoms with E-state index in [2.05, 4.69) is 47.9 Å². The van der Waals surface area contributed by atoms with Crippen molar-refractivity contribution < 1.29 is 0 Å². The standard InChI is InChI=1S/C17H17N3/c1-17(2,3)13-5-7-14(20-11-13)12-4-6-15-16(10-12)19-9-8-18-15/h4-11H,1-3H3. The second kappa shape index (κ2) is 4.67. The van der Waals surface area contributed by atoms with Gasteiger partial charge < -0.3 is 0 Å². The van der Waals surface area contributed by atoms with Crippen molar-refractivity contribution in [3.05, 3.63) is 54.5 Å². The van der Waals surface area contributed by atoms with Crippen molar-refractivity contribution in [3.8, 4) is 11.3 Å². The van der Waals surface area contributed by atoms with Gasteiger partial charge in [-0.2, -0.15) is 0 Å². The Kier molecular flexibility index (Phi) is 2.97. The Hall–Kier alpha value is -2.29. The van der Waals surface area contributed by atoms with Crippen LogP contribution >= 0.6 is 0 Å². The highest BCUT2D eigenvalue weighted by Gasteiger charge is 2.13. The minimum absolute atomic E-state index is 0.125. The molecule has 0 N–H and O–H groups in total. The highest BCUT2D eigenvalue weighted by molar-refractivity contribution is 5.80. The molecule has 0 saturated carbocycles. The summed E-state index contributed by atoms with van der Waals surface area (Å²) in [4.78, 5) is 13.2. The number of benzene rings is 1. The highest BCUT2D eigenvalue weighted by Crippen LogP contribution is 2.25. The number of hydrogen-bond donors (Lipinski definition) is 0. The van der Waals surface area contributed by atoms with Crippen LogP contribution in [-0.4, -0.2) is 15.0 Å². The molecule has 2 heterocycles. The van der Waals surface area contributed by atoms with E-state index in [-0.39, 0.29) is 5.41 Å². The van der Waals surface area contributed by atoms with Crippen LogP contribution in [0.3, 0.4) is 0 Å². The van der Waals surface area contributed by atoms with Crippen LogP contribution in [0, 0.1) is 0 Å². The van der Waals surface area contributed by atoms with Crippen LogP contribution in [0.25, 0.3) is 22.3 Å². The SMILES string of the molecule is CC(C)(C)c1ccc(-c2ccc3nccnc3c2)nc1. The van der Waals surface area contributed by atoms with E-state index in [4.69, 9.17) is 0 Å². The van der Waals surface area contributed by atoms with Crippen molar-refractivity contribution in [1.82, 2.24) is 15.0 Å². The number of aromatic nitrogens is 3. The minimum atomic E-state index is 0.125. The van der Waals surface area contributed by atoms with Crippen molar-refractivity contribution in [2.45, 2.75) is 26.2 Å². The summed E-state index contributed by atoms with van der Waals surface area (Å²) in [6.45, 7) is 6.57. The number of rotatable bonds is 1. The Morgan fingerprint density at radius 2 is 1.55 bits per heavy atom. The minimum Gasteiger partial charge on any atom is -0.256 e. The molecule has 0 spiro atoms. The fraction of sp³-hybridized carbons (Fsp3) is 0.235. The van der Waals surface area contributed by atoms with Crippen LogP contribution in [0.2, 0.25) is 0 Å². The molecule has 3 aromatic rings. The van der Waals surface area contributed by atoms with E-state index in [1.807, 2.05) is 24.4 Å². The lowest BCUT2D eigenvalue weighted by molar-refractivity contribution is 0.587. The molecule has 3 heteroatoms. The Bertz CT molecular complexity index is 740. The average Bonchev–Trinajstić information content (AvgIpc) is 2.46. The third kappa shape index (κ3) is 2.39. The molecule has 20 heavy (non-hydrogen) atoms. The Morgan fingerprint density at radius 1 is 0.800 bits per heavy atom. The maximum atomic E-state index is 4.57. The molecule has 0 bridgehead atoms. The van der Waals surface area contributed by atoms with Gasteiger partial charge in [0.2, 0.25) is 0 Å². The van der Waals surface area contributed by atoms with Crippen molar-refractivity contribution in [2.75, 3.05) is 0 Å². The van der Waals surface area contributed by atoms with Gasteiger partial charge in [-0.1, -0.05) is 32.9 Å². The summed E-state index contributed by atoms with van der Waals surface area (Å²) in [7, 11) is 0. The first kappa shape index (κ1) is 12.7. The van der Waals surface area contributed by atoms with E-state index in [1.165, 1.54) is 5.56 Å². The molecule has 3 nitrogen and oxygen atoms in total. The van der Waals surface area contributed by atoms with Crippen molar-refractivity contribution in [3.63, 3.8) is 0 Å². The molecule has 0 aliphatic rings. The van der Waals surface area contributed by atoms with Gasteiger partial charge >= 0.3 is 0 Å². The zero-order chi connectivity index (χ0) is 14.2. The van der Waals surface area contributed by atoms with E-state index in [0.29, 0.717) is 0 Å². The lowest BCUT2D eigenvalue weighted by Crippen LogP contribution is -2.11. The largest absolute Gasteiger partial charge is 0.256 e. The van der Waals surface area contributed by atoms with Gasteiger partial charge in [-0.3, -0.25) is 15.0 Å². The summed E-state index contributed by atoms with van der Waals surface area (Å²) in [5.41, 5.74) is 5.19. The highest BCUT2D eigenvalue weighted by atomic mass is 14.8. The molecule has 0 unspecified atom stereocenters. The topological polar surface area (TPSA) is 38.7 Å². The fourth-order valence-corrected chi connectivity index (χ4v) is 2.13. The first-order valence-electron chi connectivity index (χ1n) is 6.72. The third-order valence-electron chi connectivity index (χ3n) is 3.39. The first-order chi connectivity index (χ1) is 9.54. The Balaban J connectivity index is 2.02. The molecule has 0 atom stereocenters. The van der Waals surface area contributed by atoms with Gasteiger partial charge in [0.05, 0.1) is 16.7 Å². The van der Waals surface area contributed by atoms with Crippen molar-refractivity contribution in [2.24, 2.45) is 0 Å². The monoisotopic (exact) mass is 263 g/mol. The summed E-state index contributed by atoms with van der Waals surface area (Å²) in [5.74, 6) is 0. The van der Waals surface area contributed by atoms with E-state index in [9.17, 15) is 0 Å². The number of pyridine rings is 1. The summed E-state index contributed by atoms with van der Waals surface area (Å²) >= 11 is 0. The maximum absolute atomic E-state index is 4.57. The van der Waals surface area contributed by atoms with Gasteiger partial charge in [0, 0.05) is 24.2 Å². The zero-order valence-electron chi connectivity index (χ0n) is 12.0. The van der Waals surface area contributed by atoms with E-state index in [1.54, 1.807) is 12.4 Å². The quantitative estimate of drug-likeness (QED) is 0.666. The maximum Gasteiger partial charge on any atom is 0.0893 e. The molecule has 2 aromatic heterocycles. The van der Waals surface area contributed by atoms with E-state index >= 15 is 0 Å². The van der Waals surface area contributed by atoms with Gasteiger partial charge in [-0.05, 0) is 29.2 Å². The second-order valence-corrected chi connectivity index (χ2v) is 5.94. The summed E-state index contributed by atoms with van der Waals surface area (Å²) in [6, 6.07) is 10.3. The van der Waals surface area contributed by atoms with Gasteiger partial charge in [-0.25, -0.2) is 0 Å². The molecule has 3 rings (SSSR count). The van der Waals surface area contributed by atoms with Crippen LogP contribution in [0.5, 0.6) is 0 Å². The van der Waals surface area contributed by atoms with Gasteiger partial charge in [-0.15, -0.1) is 0 Å². The molecule has 0 amide bonds. The summed E-state index contributed by atoms with van der Waals surface area (Å²) in [6.07, 6.45) is 5.37. The lowest BCUT2D eigenvalue weighted by Gasteiger charge is -2.18. The molecule has 0 fully saturated rings. The van der Waals surface area contributed by atoms with Gasteiger partial charge in [0.15, 0.2) is 0 Å². The Labute approximate surface area is 118 Å². The molecule has 0 radical (unpaired) electrons. The van der Waals surface area contributed by atoms with Crippen molar-refractivity contribution in [1.29, 1.82) is 0 Å². The summed E-state index contributed by atoms with van der Waals surface area (Å²) < 4.78 is 0. The van der Waals surface area contributed by atoms with Crippen LogP contribution in [-0.2, 0) is 5.41 Å². The van der Waals surface area contributed by atoms with Gasteiger partial charge in [0.1, 0.15) is 0 Å². The molecule has 1 aromatic carbocycles. The fourth-order valence-electron chi connectivity index (χ4n) is 2.13. The average molecular weight is 263 g/mol. The number of hydrogen-bond acceptors (Lipinski definition) is 3. The zero-order valence-corrected chi connectivity index (χ0v) is 12.0. The molecule has 0 saturated heterocycles.